The van der Waals surface area contributed by atoms with Crippen LogP contribution in [0.5, 0.6) is 0 Å². The van der Waals surface area contributed by atoms with Crippen LogP contribution in [0.1, 0.15) is 22.7 Å². The first-order valence-electron chi connectivity index (χ1n) is 12.4. The number of rotatable bonds is 6. The summed E-state index contributed by atoms with van der Waals surface area (Å²) in [6, 6.07) is 35.1. The van der Waals surface area contributed by atoms with Crippen LogP contribution < -0.4 is 4.90 Å². The topological polar surface area (TPSA) is 24.3 Å². The van der Waals surface area contributed by atoms with Crippen LogP contribution in [0.2, 0.25) is 0 Å². The van der Waals surface area contributed by atoms with Crippen LogP contribution in [-0.4, -0.2) is 40.6 Å². The normalized spacial score (nSPS) is 14.6. The third-order valence-corrected chi connectivity index (χ3v) is 7.08. The predicted molar refractivity (Wildman–Crippen MR) is 144 cm³/mol. The van der Waals surface area contributed by atoms with Gasteiger partial charge in [-0.1, -0.05) is 72.8 Å². The molecule has 3 aromatic carbocycles. The van der Waals surface area contributed by atoms with E-state index in [1.54, 1.807) is 0 Å². The van der Waals surface area contributed by atoms with E-state index in [2.05, 4.69) is 117 Å². The second kappa shape index (κ2) is 9.77. The van der Waals surface area contributed by atoms with Gasteiger partial charge in [-0.3, -0.25) is 9.88 Å². The molecule has 0 N–H and O–H groups in total. The van der Waals surface area contributed by atoms with Gasteiger partial charge in [-0.2, -0.15) is 0 Å². The molecule has 0 amide bonds. The molecule has 0 spiro atoms. The Kier molecular flexibility index (Phi) is 6.04. The van der Waals surface area contributed by atoms with E-state index < -0.39 is 0 Å². The SMILES string of the molecule is c1ccc(C(c2ccccc2)n2ccc3ccc(N4CCN(Cc5cccnc5)CC4)cc32)cc1. The number of nitrogens with zero attached hydrogens (tertiary/aromatic N) is 4. The molecule has 5 aromatic rings. The maximum atomic E-state index is 4.26. The maximum absolute atomic E-state index is 4.26. The van der Waals surface area contributed by atoms with E-state index in [1.807, 2.05) is 18.5 Å². The summed E-state index contributed by atoms with van der Waals surface area (Å²) in [5, 5.41) is 1.28. The van der Waals surface area contributed by atoms with E-state index in [9.17, 15) is 0 Å². The van der Waals surface area contributed by atoms with Gasteiger partial charge in [-0.15, -0.1) is 0 Å². The van der Waals surface area contributed by atoms with Gasteiger partial charge >= 0.3 is 0 Å². The third kappa shape index (κ3) is 4.58. The monoisotopic (exact) mass is 458 g/mol. The number of aromatic nitrogens is 2. The molecule has 4 heteroatoms. The van der Waals surface area contributed by atoms with Crippen LogP contribution in [0.25, 0.3) is 10.9 Å². The smallest absolute Gasteiger partial charge is 0.0839 e. The zero-order chi connectivity index (χ0) is 23.5. The minimum absolute atomic E-state index is 0.140. The van der Waals surface area contributed by atoms with Crippen molar-refractivity contribution in [2.75, 3.05) is 31.1 Å². The molecule has 1 aliphatic heterocycles. The highest BCUT2D eigenvalue weighted by Gasteiger charge is 2.21. The Morgan fingerprint density at radius 2 is 1.43 bits per heavy atom. The lowest BCUT2D eigenvalue weighted by atomic mass is 9.98. The summed E-state index contributed by atoms with van der Waals surface area (Å²) in [6.07, 6.45) is 6.06. The van der Waals surface area contributed by atoms with Gasteiger partial charge in [0, 0.05) is 57.0 Å². The number of fused-ring (bicyclic) bond motifs is 1. The first kappa shape index (κ1) is 21.6. The van der Waals surface area contributed by atoms with Crippen molar-refractivity contribution in [1.29, 1.82) is 0 Å². The van der Waals surface area contributed by atoms with Gasteiger partial charge < -0.3 is 9.47 Å². The Bertz CT molecular complexity index is 1330. The zero-order valence-corrected chi connectivity index (χ0v) is 19.9. The first-order valence-corrected chi connectivity index (χ1v) is 12.4. The molecular formula is C31H30N4. The Hall–Kier alpha value is -3.89. The summed E-state index contributed by atoms with van der Waals surface area (Å²) < 4.78 is 2.43. The first-order chi connectivity index (χ1) is 17.3. The molecule has 6 rings (SSSR count). The average molecular weight is 459 g/mol. The van der Waals surface area contributed by atoms with Gasteiger partial charge in [0.2, 0.25) is 0 Å². The van der Waals surface area contributed by atoms with Gasteiger partial charge in [0.15, 0.2) is 0 Å². The Morgan fingerprint density at radius 1 is 0.714 bits per heavy atom. The molecule has 0 radical (unpaired) electrons. The highest BCUT2D eigenvalue weighted by Crippen LogP contribution is 2.33. The van der Waals surface area contributed by atoms with Crippen LogP contribution >= 0.6 is 0 Å². The number of pyridine rings is 1. The molecule has 0 unspecified atom stereocenters. The van der Waals surface area contributed by atoms with Crippen molar-refractivity contribution in [2.24, 2.45) is 0 Å². The third-order valence-electron chi connectivity index (χ3n) is 7.08. The van der Waals surface area contributed by atoms with Crippen molar-refractivity contribution < 1.29 is 0 Å². The highest BCUT2D eigenvalue weighted by molar-refractivity contribution is 5.84. The van der Waals surface area contributed by atoms with Crippen molar-refractivity contribution >= 4 is 16.6 Å². The predicted octanol–water partition coefficient (Wildman–Crippen LogP) is 6.00. The zero-order valence-electron chi connectivity index (χ0n) is 19.9. The van der Waals surface area contributed by atoms with Crippen LogP contribution in [-0.2, 0) is 6.54 Å². The lowest BCUT2D eigenvalue weighted by molar-refractivity contribution is 0.249. The minimum Gasteiger partial charge on any atom is -0.369 e. The van der Waals surface area contributed by atoms with E-state index in [0.29, 0.717) is 0 Å². The average Bonchev–Trinajstić information content (AvgIpc) is 3.34. The molecule has 35 heavy (non-hydrogen) atoms. The number of anilines is 1. The maximum Gasteiger partial charge on any atom is 0.0839 e. The Labute approximate surface area is 207 Å². The van der Waals surface area contributed by atoms with Crippen LogP contribution in [0.15, 0.2) is 116 Å². The van der Waals surface area contributed by atoms with Gasteiger partial charge in [0.05, 0.1) is 11.6 Å². The largest absolute Gasteiger partial charge is 0.369 e. The van der Waals surface area contributed by atoms with Crippen LogP contribution in [0.3, 0.4) is 0 Å². The molecule has 1 fully saturated rings. The fourth-order valence-electron chi connectivity index (χ4n) is 5.26. The quantitative estimate of drug-likeness (QED) is 0.312. The highest BCUT2D eigenvalue weighted by atomic mass is 15.3. The van der Waals surface area contributed by atoms with Crippen LogP contribution in [0, 0.1) is 0 Å². The standard InChI is InChI=1S/C31H30N4/c1-3-9-27(10-4-1)31(28-11-5-2-6-12-28)35-17-15-26-13-14-29(22-30(26)35)34-20-18-33(19-21-34)24-25-8-7-16-32-23-25/h1-17,22-23,31H,18-21,24H2. The summed E-state index contributed by atoms with van der Waals surface area (Å²) in [7, 11) is 0. The van der Waals surface area contributed by atoms with Crippen molar-refractivity contribution in [2.45, 2.75) is 12.6 Å². The lowest BCUT2D eigenvalue weighted by Gasteiger charge is -2.36. The fraction of sp³-hybridized carbons (Fsp3) is 0.194. The van der Waals surface area contributed by atoms with E-state index in [4.69, 9.17) is 0 Å². The fourth-order valence-corrected chi connectivity index (χ4v) is 5.26. The lowest BCUT2D eigenvalue weighted by Crippen LogP contribution is -2.45. The van der Waals surface area contributed by atoms with Gasteiger partial charge in [0.1, 0.15) is 0 Å². The van der Waals surface area contributed by atoms with Gasteiger partial charge in [-0.25, -0.2) is 0 Å². The van der Waals surface area contributed by atoms with Gasteiger partial charge in [-0.05, 0) is 46.3 Å². The second-order valence-electron chi connectivity index (χ2n) is 9.31. The molecule has 0 saturated carbocycles. The number of benzene rings is 3. The van der Waals surface area contributed by atoms with Crippen molar-refractivity contribution in [3.8, 4) is 0 Å². The molecule has 174 valence electrons. The van der Waals surface area contributed by atoms with Crippen molar-refractivity contribution in [3.05, 3.63) is 132 Å². The van der Waals surface area contributed by atoms with Crippen molar-refractivity contribution in [1.82, 2.24) is 14.5 Å². The number of piperazine rings is 1. The Balaban J connectivity index is 1.28. The molecule has 1 saturated heterocycles. The molecule has 3 heterocycles. The Morgan fingerprint density at radius 3 is 2.09 bits per heavy atom. The molecule has 4 nitrogen and oxygen atoms in total. The number of hydrogen-bond donors (Lipinski definition) is 0. The molecule has 1 aliphatic rings. The summed E-state index contributed by atoms with van der Waals surface area (Å²) in [5.74, 6) is 0. The van der Waals surface area contributed by atoms with E-state index >= 15 is 0 Å². The summed E-state index contributed by atoms with van der Waals surface area (Å²) in [6.45, 7) is 5.16. The van der Waals surface area contributed by atoms with E-state index in [0.717, 1.165) is 32.7 Å². The molecule has 0 bridgehead atoms. The molecule has 0 aliphatic carbocycles. The molecule has 0 atom stereocenters. The van der Waals surface area contributed by atoms with E-state index in [-0.39, 0.29) is 6.04 Å². The van der Waals surface area contributed by atoms with Gasteiger partial charge in [0.25, 0.3) is 0 Å². The molecule has 2 aromatic heterocycles. The summed E-state index contributed by atoms with van der Waals surface area (Å²) in [4.78, 5) is 9.31. The summed E-state index contributed by atoms with van der Waals surface area (Å²) in [5.41, 5.74) is 6.46. The summed E-state index contributed by atoms with van der Waals surface area (Å²) >= 11 is 0. The number of hydrogen-bond acceptors (Lipinski definition) is 3. The second-order valence-corrected chi connectivity index (χ2v) is 9.31. The van der Waals surface area contributed by atoms with Crippen molar-refractivity contribution in [3.63, 3.8) is 0 Å². The molecular weight excluding hydrogens is 428 g/mol. The van der Waals surface area contributed by atoms with Crippen LogP contribution in [0.4, 0.5) is 5.69 Å². The minimum atomic E-state index is 0.140. The van der Waals surface area contributed by atoms with E-state index in [1.165, 1.54) is 33.3 Å².